The van der Waals surface area contributed by atoms with Gasteiger partial charge in [0.15, 0.2) is 0 Å². The Morgan fingerprint density at radius 2 is 1.80 bits per heavy atom. The summed E-state index contributed by atoms with van der Waals surface area (Å²) in [6, 6.07) is 11.8. The van der Waals surface area contributed by atoms with Crippen molar-refractivity contribution < 1.29 is 17.9 Å². The predicted molar refractivity (Wildman–Crippen MR) is 121 cm³/mol. The molecule has 0 heterocycles. The Labute approximate surface area is 180 Å². The lowest BCUT2D eigenvalue weighted by molar-refractivity contribution is -0.123. The van der Waals surface area contributed by atoms with E-state index in [0.717, 1.165) is 22.9 Å². The first-order valence-corrected chi connectivity index (χ1v) is 12.0. The fraction of sp³-hybridized carbons (Fsp3) is 0.435. The largest absolute Gasteiger partial charge is 0.497 e. The van der Waals surface area contributed by atoms with Crippen LogP contribution >= 0.6 is 0 Å². The lowest BCUT2D eigenvalue weighted by Crippen LogP contribution is -2.50. The zero-order valence-corrected chi connectivity index (χ0v) is 19.4. The lowest BCUT2D eigenvalue weighted by Gasteiger charge is -2.32. The van der Waals surface area contributed by atoms with E-state index in [1.807, 2.05) is 32.9 Å². The summed E-state index contributed by atoms with van der Waals surface area (Å²) in [5.41, 5.74) is 3.70. The van der Waals surface area contributed by atoms with Gasteiger partial charge in [0.25, 0.3) is 0 Å². The summed E-state index contributed by atoms with van der Waals surface area (Å²) >= 11 is 0. The number of hydrogen-bond acceptors (Lipinski definition) is 4. The molecule has 2 rings (SSSR count). The Kier molecular flexibility index (Phi) is 7.89. The molecule has 0 aliphatic heterocycles. The molecule has 1 amide bonds. The van der Waals surface area contributed by atoms with Gasteiger partial charge in [0.2, 0.25) is 15.9 Å². The zero-order chi connectivity index (χ0) is 22.5. The van der Waals surface area contributed by atoms with Gasteiger partial charge in [-0.2, -0.15) is 0 Å². The highest BCUT2D eigenvalue weighted by Crippen LogP contribution is 2.28. The fourth-order valence-electron chi connectivity index (χ4n) is 3.69. The zero-order valence-electron chi connectivity index (χ0n) is 18.6. The third kappa shape index (κ3) is 5.53. The second-order valence-corrected chi connectivity index (χ2v) is 9.37. The number of sulfonamides is 1. The van der Waals surface area contributed by atoms with Gasteiger partial charge in [-0.3, -0.25) is 9.10 Å². The van der Waals surface area contributed by atoms with E-state index in [4.69, 9.17) is 4.74 Å². The number of benzene rings is 2. The highest BCUT2D eigenvalue weighted by molar-refractivity contribution is 7.92. The molecule has 0 aliphatic carbocycles. The Hall–Kier alpha value is -2.54. The number of anilines is 1. The summed E-state index contributed by atoms with van der Waals surface area (Å²) in [4.78, 5) is 13.3. The van der Waals surface area contributed by atoms with Crippen molar-refractivity contribution in [1.82, 2.24) is 5.32 Å². The van der Waals surface area contributed by atoms with E-state index in [1.165, 1.54) is 11.4 Å². The van der Waals surface area contributed by atoms with Crippen molar-refractivity contribution in [2.24, 2.45) is 0 Å². The maximum Gasteiger partial charge on any atom is 0.244 e. The average molecular weight is 433 g/mol. The molecule has 0 aromatic heterocycles. The number of amides is 1. The molecule has 0 saturated carbocycles. The van der Waals surface area contributed by atoms with Gasteiger partial charge in [-0.15, -0.1) is 0 Å². The molecule has 0 radical (unpaired) electrons. The lowest BCUT2D eigenvalue weighted by atomic mass is 9.97. The third-order valence-electron chi connectivity index (χ3n) is 5.16. The molecule has 0 bridgehead atoms. The van der Waals surface area contributed by atoms with Crippen LogP contribution in [0.2, 0.25) is 0 Å². The van der Waals surface area contributed by atoms with Crippen LogP contribution in [0.15, 0.2) is 42.5 Å². The minimum absolute atomic E-state index is 0.195. The van der Waals surface area contributed by atoms with Crippen LogP contribution in [0.4, 0.5) is 5.69 Å². The van der Waals surface area contributed by atoms with Gasteiger partial charge < -0.3 is 10.1 Å². The van der Waals surface area contributed by atoms with E-state index in [0.29, 0.717) is 24.3 Å². The molecule has 0 saturated heterocycles. The van der Waals surface area contributed by atoms with Crippen LogP contribution in [0.25, 0.3) is 0 Å². The molecule has 0 unspecified atom stereocenters. The quantitative estimate of drug-likeness (QED) is 0.647. The minimum Gasteiger partial charge on any atom is -0.497 e. The average Bonchev–Trinajstić information content (AvgIpc) is 2.69. The molecule has 0 aliphatic rings. The van der Waals surface area contributed by atoms with Gasteiger partial charge in [0.1, 0.15) is 11.8 Å². The van der Waals surface area contributed by atoms with Crippen LogP contribution in [-0.2, 0) is 14.8 Å². The van der Waals surface area contributed by atoms with Gasteiger partial charge in [-0.1, -0.05) is 43.7 Å². The molecular formula is C23H32N2O4S. The number of ether oxygens (including phenoxy) is 1. The molecule has 2 aromatic rings. The fourth-order valence-corrected chi connectivity index (χ4v) is 4.90. The third-order valence-corrected chi connectivity index (χ3v) is 6.34. The first kappa shape index (κ1) is 23.7. The predicted octanol–water partition coefficient (Wildman–Crippen LogP) is 4.12. The van der Waals surface area contributed by atoms with Crippen LogP contribution in [-0.4, -0.2) is 33.7 Å². The Morgan fingerprint density at radius 3 is 2.33 bits per heavy atom. The van der Waals surface area contributed by atoms with Crippen LogP contribution in [0.5, 0.6) is 5.75 Å². The number of carbonyl (C=O) groups excluding carboxylic acids is 1. The van der Waals surface area contributed by atoms with Crippen molar-refractivity contribution in [1.29, 1.82) is 0 Å². The Bertz CT molecular complexity index is 988. The maximum atomic E-state index is 13.3. The van der Waals surface area contributed by atoms with Crippen molar-refractivity contribution in [2.75, 3.05) is 17.7 Å². The van der Waals surface area contributed by atoms with Crippen molar-refractivity contribution >= 4 is 21.6 Å². The van der Waals surface area contributed by atoms with Crippen molar-refractivity contribution in [3.63, 3.8) is 0 Å². The van der Waals surface area contributed by atoms with E-state index in [1.54, 1.807) is 31.2 Å². The standard InChI is InChI=1S/C23H32N2O4S/c1-7-21(20-13-12-16(3)14-17(20)4)24-23(26)22(8-2)25(30(6,27)28)18-10-9-11-19(15-18)29-5/h9-15,21-22H,7-8H2,1-6H3,(H,24,26)/t21-,22+/m0/s1. The number of hydrogen-bond donors (Lipinski definition) is 1. The highest BCUT2D eigenvalue weighted by atomic mass is 32.2. The van der Waals surface area contributed by atoms with Crippen LogP contribution < -0.4 is 14.4 Å². The second kappa shape index (κ2) is 9.98. The van der Waals surface area contributed by atoms with Crippen molar-refractivity contribution in [3.05, 3.63) is 59.2 Å². The summed E-state index contributed by atoms with van der Waals surface area (Å²) in [7, 11) is -2.19. The number of aryl methyl sites for hydroxylation is 2. The molecule has 6 nitrogen and oxygen atoms in total. The minimum atomic E-state index is -3.70. The van der Waals surface area contributed by atoms with Crippen LogP contribution in [0.1, 0.15) is 49.4 Å². The summed E-state index contributed by atoms with van der Waals surface area (Å²) in [5.74, 6) is 0.204. The smallest absolute Gasteiger partial charge is 0.244 e. The molecule has 164 valence electrons. The molecule has 2 aromatic carbocycles. The first-order valence-electron chi connectivity index (χ1n) is 10.1. The number of methoxy groups -OCH3 is 1. The van der Waals surface area contributed by atoms with E-state index in [9.17, 15) is 13.2 Å². The van der Waals surface area contributed by atoms with Crippen molar-refractivity contribution in [2.45, 2.75) is 52.6 Å². The topological polar surface area (TPSA) is 75.7 Å². The van der Waals surface area contributed by atoms with Crippen molar-refractivity contribution in [3.8, 4) is 5.75 Å². The van der Waals surface area contributed by atoms with E-state index in [2.05, 4.69) is 11.4 Å². The monoisotopic (exact) mass is 432 g/mol. The normalized spacial score (nSPS) is 13.4. The van der Waals surface area contributed by atoms with Gasteiger partial charge in [-0.25, -0.2) is 8.42 Å². The van der Waals surface area contributed by atoms with Gasteiger partial charge in [0.05, 0.1) is 25.1 Å². The molecule has 0 spiro atoms. The van der Waals surface area contributed by atoms with Gasteiger partial charge in [0, 0.05) is 6.07 Å². The van der Waals surface area contributed by atoms with Crippen LogP contribution in [0, 0.1) is 13.8 Å². The van der Waals surface area contributed by atoms with E-state index < -0.39 is 16.1 Å². The number of carbonyl (C=O) groups is 1. The molecule has 30 heavy (non-hydrogen) atoms. The molecular weight excluding hydrogens is 400 g/mol. The maximum absolute atomic E-state index is 13.3. The highest BCUT2D eigenvalue weighted by Gasteiger charge is 2.32. The van der Waals surface area contributed by atoms with E-state index in [-0.39, 0.29) is 11.9 Å². The Balaban J connectivity index is 2.39. The number of rotatable bonds is 9. The molecule has 7 heteroatoms. The molecule has 1 N–H and O–H groups in total. The number of nitrogens with one attached hydrogen (secondary N) is 1. The summed E-state index contributed by atoms with van der Waals surface area (Å²) in [5, 5.41) is 3.07. The summed E-state index contributed by atoms with van der Waals surface area (Å²) < 4.78 is 31.7. The molecule has 2 atom stereocenters. The SMILES string of the molecule is CC[C@H](NC(=O)[C@@H](CC)N(c1cccc(OC)c1)S(C)(=O)=O)c1ccc(C)cc1C. The molecule has 0 fully saturated rings. The van der Waals surface area contributed by atoms with Gasteiger partial charge in [-0.05, 0) is 49.9 Å². The van der Waals surface area contributed by atoms with Crippen LogP contribution in [0.3, 0.4) is 0 Å². The number of nitrogens with zero attached hydrogens (tertiary/aromatic N) is 1. The Morgan fingerprint density at radius 1 is 1.10 bits per heavy atom. The second-order valence-electron chi connectivity index (χ2n) is 7.51. The summed E-state index contributed by atoms with van der Waals surface area (Å²) in [6.45, 7) is 7.86. The van der Waals surface area contributed by atoms with Gasteiger partial charge >= 0.3 is 0 Å². The summed E-state index contributed by atoms with van der Waals surface area (Å²) in [6.07, 6.45) is 2.15. The van der Waals surface area contributed by atoms with E-state index >= 15 is 0 Å². The first-order chi connectivity index (χ1) is 14.1.